The average Bonchev–Trinajstić information content (AvgIpc) is 3.07. The van der Waals surface area contributed by atoms with Gasteiger partial charge in [0, 0.05) is 40.4 Å². The van der Waals surface area contributed by atoms with E-state index in [9.17, 15) is 9.00 Å². The van der Waals surface area contributed by atoms with Gasteiger partial charge in [0.15, 0.2) is 0 Å². The van der Waals surface area contributed by atoms with Crippen LogP contribution in [0.3, 0.4) is 0 Å². The predicted octanol–water partition coefficient (Wildman–Crippen LogP) is 3.44. The first-order chi connectivity index (χ1) is 13.7. The Labute approximate surface area is 167 Å². The number of para-hydroxylation sites is 1. The average molecular weight is 399 g/mol. The first kappa shape index (κ1) is 19.2. The highest BCUT2D eigenvalue weighted by molar-refractivity contribution is 7.84. The second-order valence-electron chi connectivity index (χ2n) is 7.41. The highest BCUT2D eigenvalue weighted by Gasteiger charge is 2.13. The molecule has 1 saturated heterocycles. The number of nitrogens with one attached hydrogen (secondary N) is 1. The maximum Gasteiger partial charge on any atom is 0.232 e. The Morgan fingerprint density at radius 3 is 2.68 bits per heavy atom. The number of hydrogen-bond donors (Lipinski definition) is 1. The summed E-state index contributed by atoms with van der Waals surface area (Å²) in [6.45, 7) is 3.74. The first-order valence-electron chi connectivity index (χ1n) is 9.93. The monoisotopic (exact) mass is 398 g/mol. The third-order valence-corrected chi connectivity index (χ3v) is 6.50. The molecule has 0 spiro atoms. The summed E-state index contributed by atoms with van der Waals surface area (Å²) < 4.78 is 18.3. The second-order valence-corrected chi connectivity index (χ2v) is 8.87. The minimum atomic E-state index is -1.23. The molecule has 5 nitrogen and oxygen atoms in total. The molecule has 1 N–H and O–H groups in total. The van der Waals surface area contributed by atoms with Gasteiger partial charge in [0.1, 0.15) is 16.9 Å². The van der Waals surface area contributed by atoms with Crippen molar-refractivity contribution < 1.29 is 13.4 Å². The molecule has 0 radical (unpaired) electrons. The number of carbonyl (C=O) groups is 1. The fourth-order valence-corrected chi connectivity index (χ4v) is 4.88. The molecule has 6 heteroatoms. The number of hydrogen-bond acceptors (Lipinski definition) is 4. The van der Waals surface area contributed by atoms with E-state index in [0.29, 0.717) is 12.3 Å². The van der Waals surface area contributed by atoms with Gasteiger partial charge in [0.2, 0.25) is 5.91 Å². The molecule has 28 heavy (non-hydrogen) atoms. The van der Waals surface area contributed by atoms with Crippen LogP contribution >= 0.6 is 0 Å². The number of benzene rings is 2. The van der Waals surface area contributed by atoms with Crippen LogP contribution in [0.2, 0.25) is 0 Å². The molecule has 2 aromatic carbocycles. The molecule has 1 amide bonds. The summed E-state index contributed by atoms with van der Waals surface area (Å²) in [5.41, 5.74) is 2.63. The highest BCUT2D eigenvalue weighted by atomic mass is 32.2. The van der Waals surface area contributed by atoms with Gasteiger partial charge in [0.25, 0.3) is 0 Å². The number of likely N-dealkylation sites (tertiary alicyclic amines) is 1. The summed E-state index contributed by atoms with van der Waals surface area (Å²) in [5.74, 6) is 0.282. The van der Waals surface area contributed by atoms with E-state index in [1.807, 2.05) is 42.5 Å². The SMILES string of the molecule is O=C(CS(=O)Cc1ccc2oc3ccccc3c2c1)NCCN1CCCCC1. The van der Waals surface area contributed by atoms with Crippen molar-refractivity contribution >= 4 is 38.6 Å². The van der Waals surface area contributed by atoms with Crippen LogP contribution < -0.4 is 5.32 Å². The zero-order chi connectivity index (χ0) is 19.3. The van der Waals surface area contributed by atoms with Gasteiger partial charge in [-0.3, -0.25) is 9.00 Å². The lowest BCUT2D eigenvalue weighted by molar-refractivity contribution is -0.118. The molecular formula is C22H26N2O3S. The largest absolute Gasteiger partial charge is 0.456 e. The van der Waals surface area contributed by atoms with Crippen molar-refractivity contribution in [3.8, 4) is 0 Å². The Hall–Kier alpha value is -2.18. The van der Waals surface area contributed by atoms with Gasteiger partial charge in [-0.15, -0.1) is 0 Å². The van der Waals surface area contributed by atoms with Crippen molar-refractivity contribution in [3.63, 3.8) is 0 Å². The molecule has 0 bridgehead atoms. The molecule has 0 aliphatic carbocycles. The Bertz CT molecular complexity index is 992. The van der Waals surface area contributed by atoms with Crippen LogP contribution in [0.4, 0.5) is 0 Å². The molecule has 3 aromatic rings. The fourth-order valence-electron chi connectivity index (χ4n) is 3.83. The van der Waals surface area contributed by atoms with Crippen LogP contribution in [0.25, 0.3) is 21.9 Å². The van der Waals surface area contributed by atoms with E-state index < -0.39 is 10.8 Å². The minimum absolute atomic E-state index is 0.0458. The standard InChI is InChI=1S/C22H26N2O3S/c25-22(23-10-13-24-11-4-1-5-12-24)16-28(26)15-17-8-9-21-19(14-17)18-6-2-3-7-20(18)27-21/h2-3,6-9,14H,1,4-5,10-13,15-16H2,(H,23,25). The highest BCUT2D eigenvalue weighted by Crippen LogP contribution is 2.29. The Morgan fingerprint density at radius 1 is 1.04 bits per heavy atom. The van der Waals surface area contributed by atoms with E-state index in [1.165, 1.54) is 19.3 Å². The van der Waals surface area contributed by atoms with E-state index in [0.717, 1.165) is 47.1 Å². The molecule has 2 heterocycles. The summed E-state index contributed by atoms with van der Waals surface area (Å²) in [6, 6.07) is 13.8. The molecule has 0 saturated carbocycles. The van der Waals surface area contributed by atoms with Gasteiger partial charge in [-0.25, -0.2) is 0 Å². The van der Waals surface area contributed by atoms with E-state index in [-0.39, 0.29) is 11.7 Å². The fraction of sp³-hybridized carbons (Fsp3) is 0.409. The van der Waals surface area contributed by atoms with Gasteiger partial charge >= 0.3 is 0 Å². The molecule has 148 valence electrons. The summed E-state index contributed by atoms with van der Waals surface area (Å²) >= 11 is 0. The van der Waals surface area contributed by atoms with Crippen LogP contribution in [0, 0.1) is 0 Å². The lowest BCUT2D eigenvalue weighted by Gasteiger charge is -2.26. The molecule has 1 fully saturated rings. The van der Waals surface area contributed by atoms with Gasteiger partial charge < -0.3 is 14.6 Å². The number of carbonyl (C=O) groups excluding carboxylic acids is 1. The van der Waals surface area contributed by atoms with Crippen molar-refractivity contribution in [1.82, 2.24) is 10.2 Å². The lowest BCUT2D eigenvalue weighted by Crippen LogP contribution is -2.38. The molecule has 1 unspecified atom stereocenters. The van der Waals surface area contributed by atoms with E-state index in [4.69, 9.17) is 4.42 Å². The number of piperidine rings is 1. The molecule has 1 atom stereocenters. The van der Waals surface area contributed by atoms with Gasteiger partial charge in [0.05, 0.1) is 0 Å². The number of nitrogens with zero attached hydrogens (tertiary/aromatic N) is 1. The number of furan rings is 1. The number of fused-ring (bicyclic) bond motifs is 3. The van der Waals surface area contributed by atoms with Crippen LogP contribution in [0.15, 0.2) is 46.9 Å². The zero-order valence-corrected chi connectivity index (χ0v) is 16.8. The third kappa shape index (κ3) is 4.62. The Morgan fingerprint density at radius 2 is 1.82 bits per heavy atom. The maximum absolute atomic E-state index is 12.4. The molecule has 1 aliphatic heterocycles. The summed E-state index contributed by atoms with van der Waals surface area (Å²) in [6.07, 6.45) is 3.80. The third-order valence-electron chi connectivity index (χ3n) is 5.26. The zero-order valence-electron chi connectivity index (χ0n) is 16.0. The van der Waals surface area contributed by atoms with Crippen molar-refractivity contribution in [2.45, 2.75) is 25.0 Å². The predicted molar refractivity (Wildman–Crippen MR) is 114 cm³/mol. The topological polar surface area (TPSA) is 62.6 Å². The smallest absolute Gasteiger partial charge is 0.232 e. The summed E-state index contributed by atoms with van der Waals surface area (Å²) in [4.78, 5) is 14.5. The van der Waals surface area contributed by atoms with Crippen LogP contribution in [-0.2, 0) is 21.3 Å². The second kappa shape index (κ2) is 8.88. The number of amides is 1. The van der Waals surface area contributed by atoms with Gasteiger partial charge in [-0.2, -0.15) is 0 Å². The Kier molecular flexibility index (Phi) is 6.07. The van der Waals surface area contributed by atoms with Crippen molar-refractivity contribution in [1.29, 1.82) is 0 Å². The summed E-state index contributed by atoms with van der Waals surface area (Å²) in [7, 11) is -1.23. The normalized spacial score (nSPS) is 16.4. The van der Waals surface area contributed by atoms with Crippen molar-refractivity contribution in [3.05, 3.63) is 48.0 Å². The van der Waals surface area contributed by atoms with E-state index in [1.54, 1.807) is 0 Å². The lowest BCUT2D eigenvalue weighted by atomic mass is 10.1. The molecular weight excluding hydrogens is 372 g/mol. The van der Waals surface area contributed by atoms with E-state index in [2.05, 4.69) is 10.2 Å². The quantitative estimate of drug-likeness (QED) is 0.662. The van der Waals surface area contributed by atoms with E-state index >= 15 is 0 Å². The maximum atomic E-state index is 12.4. The van der Waals surface area contributed by atoms with Crippen LogP contribution in [0.1, 0.15) is 24.8 Å². The van der Waals surface area contributed by atoms with Gasteiger partial charge in [-0.05, 0) is 49.7 Å². The Balaban J connectivity index is 1.30. The van der Waals surface area contributed by atoms with Crippen LogP contribution in [0.5, 0.6) is 0 Å². The number of rotatable bonds is 7. The first-order valence-corrected chi connectivity index (χ1v) is 11.4. The molecule has 4 rings (SSSR count). The van der Waals surface area contributed by atoms with Crippen LogP contribution in [-0.4, -0.2) is 46.9 Å². The van der Waals surface area contributed by atoms with Crippen molar-refractivity contribution in [2.75, 3.05) is 31.9 Å². The summed E-state index contributed by atoms with van der Waals surface area (Å²) in [5, 5.41) is 4.99. The van der Waals surface area contributed by atoms with Gasteiger partial charge in [-0.1, -0.05) is 30.7 Å². The minimum Gasteiger partial charge on any atom is -0.456 e. The molecule has 1 aromatic heterocycles. The van der Waals surface area contributed by atoms with Crippen molar-refractivity contribution in [2.24, 2.45) is 0 Å². The molecule has 1 aliphatic rings.